The van der Waals surface area contributed by atoms with Gasteiger partial charge in [-0.3, -0.25) is 4.79 Å². The van der Waals surface area contributed by atoms with Gasteiger partial charge in [-0.1, -0.05) is 17.8 Å². The molecule has 3 aromatic rings. The number of nitrogens with one attached hydrogen (secondary N) is 1. The molecular weight excluding hydrogens is 408 g/mol. The molecule has 9 heteroatoms. The van der Waals surface area contributed by atoms with Crippen molar-refractivity contribution in [3.05, 3.63) is 52.5 Å². The van der Waals surface area contributed by atoms with Crippen molar-refractivity contribution in [2.24, 2.45) is 7.05 Å². The summed E-state index contributed by atoms with van der Waals surface area (Å²) in [6, 6.07) is 11.5. The van der Waals surface area contributed by atoms with E-state index in [1.54, 1.807) is 11.3 Å². The van der Waals surface area contributed by atoms with Gasteiger partial charge in [0.1, 0.15) is 23.9 Å². The summed E-state index contributed by atoms with van der Waals surface area (Å²) in [7, 11) is 1.92. The molecule has 0 saturated carbocycles. The van der Waals surface area contributed by atoms with Crippen LogP contribution in [0.15, 0.2) is 46.9 Å². The Morgan fingerprint density at radius 2 is 1.93 bits per heavy atom. The summed E-state index contributed by atoms with van der Waals surface area (Å²) in [4.78, 5) is 13.3. The van der Waals surface area contributed by atoms with Gasteiger partial charge >= 0.3 is 0 Å². The van der Waals surface area contributed by atoms with Gasteiger partial charge in [0.05, 0.1) is 18.9 Å². The number of carbonyl (C=O) groups excluding carboxylic acids is 1. The number of carbonyl (C=O) groups is 1. The first-order chi connectivity index (χ1) is 14.2. The molecule has 2 heterocycles. The van der Waals surface area contributed by atoms with Crippen molar-refractivity contribution in [3.63, 3.8) is 0 Å². The third kappa shape index (κ3) is 6.50. The van der Waals surface area contributed by atoms with Crippen molar-refractivity contribution >= 4 is 29.0 Å². The van der Waals surface area contributed by atoms with E-state index >= 15 is 0 Å². The molecule has 0 bridgehead atoms. The van der Waals surface area contributed by atoms with Crippen molar-refractivity contribution in [1.29, 1.82) is 0 Å². The number of thioether (sulfide) groups is 1. The van der Waals surface area contributed by atoms with Gasteiger partial charge in [0.25, 0.3) is 0 Å². The Kier molecular flexibility index (Phi) is 7.94. The molecule has 1 amide bonds. The van der Waals surface area contributed by atoms with Crippen LogP contribution < -0.4 is 14.8 Å². The Morgan fingerprint density at radius 3 is 2.62 bits per heavy atom. The molecule has 1 aromatic carbocycles. The number of rotatable bonds is 11. The van der Waals surface area contributed by atoms with E-state index in [1.807, 2.05) is 54.3 Å². The lowest BCUT2D eigenvalue weighted by atomic mass is 10.3. The molecule has 0 aliphatic heterocycles. The van der Waals surface area contributed by atoms with Gasteiger partial charge in [0, 0.05) is 18.3 Å². The number of benzene rings is 1. The van der Waals surface area contributed by atoms with Gasteiger partial charge < -0.3 is 19.4 Å². The van der Waals surface area contributed by atoms with Crippen LogP contribution in [-0.2, 0) is 18.3 Å². The molecule has 1 N–H and O–H groups in total. The third-order valence-corrected chi connectivity index (χ3v) is 5.89. The SMILES string of the molecule is CCOc1ccc(OCCNC(=O)CSc2nnc(Cc3cccs3)n2C)cc1. The number of aromatic nitrogens is 3. The summed E-state index contributed by atoms with van der Waals surface area (Å²) < 4.78 is 13.0. The average Bonchev–Trinajstić information content (AvgIpc) is 3.36. The Hall–Kier alpha value is -2.52. The van der Waals surface area contributed by atoms with E-state index in [0.717, 1.165) is 28.9 Å². The Labute approximate surface area is 178 Å². The van der Waals surface area contributed by atoms with Crippen LogP contribution in [0.3, 0.4) is 0 Å². The maximum Gasteiger partial charge on any atom is 0.230 e. The summed E-state index contributed by atoms with van der Waals surface area (Å²) in [6.45, 7) is 3.42. The highest BCUT2D eigenvalue weighted by atomic mass is 32.2. The minimum atomic E-state index is -0.0619. The number of thiophene rings is 1. The van der Waals surface area contributed by atoms with Crippen molar-refractivity contribution in [2.45, 2.75) is 18.5 Å². The molecule has 0 spiro atoms. The minimum absolute atomic E-state index is 0.0619. The van der Waals surface area contributed by atoms with Gasteiger partial charge in [-0.25, -0.2) is 0 Å². The lowest BCUT2D eigenvalue weighted by molar-refractivity contribution is -0.118. The zero-order chi connectivity index (χ0) is 20.5. The Balaban J connectivity index is 1.35. The lowest BCUT2D eigenvalue weighted by Crippen LogP contribution is -2.29. The molecule has 0 radical (unpaired) electrons. The van der Waals surface area contributed by atoms with Crippen LogP contribution in [0.2, 0.25) is 0 Å². The molecule has 2 aromatic heterocycles. The van der Waals surface area contributed by atoms with Gasteiger partial charge in [0.15, 0.2) is 5.16 Å². The maximum atomic E-state index is 12.1. The van der Waals surface area contributed by atoms with Crippen molar-refractivity contribution in [1.82, 2.24) is 20.1 Å². The number of nitrogens with zero attached hydrogens (tertiary/aromatic N) is 3. The quantitative estimate of drug-likeness (QED) is 0.370. The van der Waals surface area contributed by atoms with Crippen molar-refractivity contribution in [3.8, 4) is 11.5 Å². The van der Waals surface area contributed by atoms with Crippen molar-refractivity contribution in [2.75, 3.05) is 25.5 Å². The van der Waals surface area contributed by atoms with Crippen LogP contribution in [0.25, 0.3) is 0 Å². The average molecular weight is 433 g/mol. The molecule has 0 atom stereocenters. The number of hydrogen-bond acceptors (Lipinski definition) is 7. The molecule has 0 saturated heterocycles. The first-order valence-electron chi connectivity index (χ1n) is 9.31. The van der Waals surface area contributed by atoms with Crippen molar-refractivity contribution < 1.29 is 14.3 Å². The van der Waals surface area contributed by atoms with Gasteiger partial charge in [0.2, 0.25) is 5.91 Å². The van der Waals surface area contributed by atoms with E-state index in [1.165, 1.54) is 16.6 Å². The van der Waals surface area contributed by atoms with Crippen LogP contribution in [0.1, 0.15) is 17.6 Å². The number of ether oxygens (including phenoxy) is 2. The first-order valence-corrected chi connectivity index (χ1v) is 11.2. The van der Waals surface area contributed by atoms with Crippen LogP contribution in [0.5, 0.6) is 11.5 Å². The van der Waals surface area contributed by atoms with E-state index in [9.17, 15) is 4.79 Å². The highest BCUT2D eigenvalue weighted by Crippen LogP contribution is 2.19. The molecule has 154 valence electrons. The number of amides is 1. The molecule has 0 aliphatic carbocycles. The normalized spacial score (nSPS) is 10.7. The van der Waals surface area contributed by atoms with Gasteiger partial charge in [-0.15, -0.1) is 21.5 Å². The molecular formula is C20H24N4O3S2. The monoisotopic (exact) mass is 432 g/mol. The highest BCUT2D eigenvalue weighted by Gasteiger charge is 2.12. The summed E-state index contributed by atoms with van der Waals surface area (Å²) in [5.74, 6) is 2.67. The summed E-state index contributed by atoms with van der Waals surface area (Å²) >= 11 is 3.07. The topological polar surface area (TPSA) is 78.3 Å². The minimum Gasteiger partial charge on any atom is -0.494 e. The first kappa shape index (κ1) is 21.2. The van der Waals surface area contributed by atoms with E-state index in [-0.39, 0.29) is 11.7 Å². The zero-order valence-electron chi connectivity index (χ0n) is 16.5. The second-order valence-electron chi connectivity index (χ2n) is 6.11. The molecule has 0 fully saturated rings. The zero-order valence-corrected chi connectivity index (χ0v) is 18.1. The van der Waals surface area contributed by atoms with Crippen LogP contribution in [0.4, 0.5) is 0 Å². The van der Waals surface area contributed by atoms with E-state index in [2.05, 4.69) is 21.6 Å². The largest absolute Gasteiger partial charge is 0.494 e. The van der Waals surface area contributed by atoms with Gasteiger partial charge in [-0.2, -0.15) is 0 Å². The predicted octanol–water partition coefficient (Wildman–Crippen LogP) is 3.15. The number of hydrogen-bond donors (Lipinski definition) is 1. The Bertz CT molecular complexity index is 895. The van der Waals surface area contributed by atoms with Crippen LogP contribution >= 0.6 is 23.1 Å². The smallest absolute Gasteiger partial charge is 0.230 e. The molecule has 3 rings (SSSR count). The standard InChI is InChI=1S/C20H24N4O3S2/c1-3-26-15-6-8-16(9-7-15)27-11-10-21-19(25)14-29-20-23-22-18(24(20)2)13-17-5-4-12-28-17/h4-9,12H,3,10-11,13-14H2,1-2H3,(H,21,25). The predicted molar refractivity (Wildman–Crippen MR) is 115 cm³/mol. The summed E-state index contributed by atoms with van der Waals surface area (Å²) in [5.41, 5.74) is 0. The van der Waals surface area contributed by atoms with Gasteiger partial charge in [-0.05, 0) is 42.6 Å². The second-order valence-corrected chi connectivity index (χ2v) is 8.08. The fourth-order valence-corrected chi connectivity index (χ4v) is 3.99. The summed E-state index contributed by atoms with van der Waals surface area (Å²) in [5, 5.41) is 14.1. The Morgan fingerprint density at radius 1 is 1.17 bits per heavy atom. The molecule has 0 unspecified atom stereocenters. The van der Waals surface area contributed by atoms with E-state index in [0.29, 0.717) is 19.8 Å². The van der Waals surface area contributed by atoms with E-state index in [4.69, 9.17) is 9.47 Å². The third-order valence-electron chi connectivity index (χ3n) is 4.00. The van der Waals surface area contributed by atoms with Crippen LogP contribution in [-0.4, -0.2) is 46.2 Å². The highest BCUT2D eigenvalue weighted by molar-refractivity contribution is 7.99. The second kappa shape index (κ2) is 10.9. The molecule has 0 aliphatic rings. The summed E-state index contributed by atoms with van der Waals surface area (Å²) in [6.07, 6.45) is 0.747. The fourth-order valence-electron chi connectivity index (χ4n) is 2.53. The van der Waals surface area contributed by atoms with Crippen LogP contribution in [0, 0.1) is 0 Å². The lowest BCUT2D eigenvalue weighted by Gasteiger charge is -2.09. The molecule has 29 heavy (non-hydrogen) atoms. The maximum absolute atomic E-state index is 12.1. The van der Waals surface area contributed by atoms with E-state index < -0.39 is 0 Å². The fraction of sp³-hybridized carbons (Fsp3) is 0.350. The molecule has 7 nitrogen and oxygen atoms in total.